The number of nitrogens with one attached hydrogen (secondary N) is 1. The predicted octanol–water partition coefficient (Wildman–Crippen LogP) is 3.23. The van der Waals surface area contributed by atoms with Gasteiger partial charge in [0.15, 0.2) is 5.76 Å². The van der Waals surface area contributed by atoms with Gasteiger partial charge in [-0.25, -0.2) is 4.98 Å². The molecule has 10 heteroatoms. The van der Waals surface area contributed by atoms with Crippen LogP contribution in [-0.4, -0.2) is 41.4 Å². The number of esters is 1. The molecule has 0 unspecified atom stereocenters. The standard InChI is InChI=1S/C20H16N4O3.C5H10O2S/c1-12-7-8-27-17(12)20(26)24-16-4-2-3-13(9-16)5-6-14-10-15(19(22)25)11-23-18(14)21;1-3-7-5(6)4-8-2/h2-4,7-11H,1H3,(H2,21,23)(H2,22,25)(H,24,26);3-4H2,1-2H3. The van der Waals surface area contributed by atoms with Gasteiger partial charge in [-0.2, -0.15) is 11.8 Å². The second-order valence-corrected chi connectivity index (χ2v) is 7.84. The van der Waals surface area contributed by atoms with Gasteiger partial charge < -0.3 is 25.9 Å². The molecule has 9 nitrogen and oxygen atoms in total. The van der Waals surface area contributed by atoms with Crippen molar-refractivity contribution in [2.75, 3.05) is 29.7 Å². The SMILES string of the molecule is CCOC(=O)CSC.Cc1ccoc1C(=O)Nc1cccc(C#Cc2cc(C(N)=O)cnc2N)c1. The second-order valence-electron chi connectivity index (χ2n) is 6.98. The van der Waals surface area contributed by atoms with Crippen LogP contribution >= 0.6 is 11.8 Å². The lowest BCUT2D eigenvalue weighted by Gasteiger charge is -2.04. The molecule has 0 spiro atoms. The number of nitrogens with two attached hydrogens (primary N) is 2. The summed E-state index contributed by atoms with van der Waals surface area (Å²) in [4.78, 5) is 37.8. The third-order valence-corrected chi connectivity index (χ3v) is 4.83. The zero-order chi connectivity index (χ0) is 25.8. The molecule has 2 heterocycles. The molecule has 0 bridgehead atoms. The Kier molecular flexibility index (Phi) is 10.4. The number of amides is 2. The lowest BCUT2D eigenvalue weighted by atomic mass is 10.1. The van der Waals surface area contributed by atoms with Crippen LogP contribution in [0.15, 0.2) is 53.3 Å². The van der Waals surface area contributed by atoms with Gasteiger partial charge in [0.1, 0.15) is 5.82 Å². The molecule has 1 aromatic carbocycles. The van der Waals surface area contributed by atoms with Gasteiger partial charge in [-0.15, -0.1) is 0 Å². The Labute approximate surface area is 207 Å². The van der Waals surface area contributed by atoms with Gasteiger partial charge in [0.25, 0.3) is 5.91 Å². The smallest absolute Gasteiger partial charge is 0.315 e. The van der Waals surface area contributed by atoms with Crippen molar-refractivity contribution in [1.82, 2.24) is 4.98 Å². The molecule has 2 aromatic heterocycles. The van der Waals surface area contributed by atoms with Crippen molar-refractivity contribution in [2.24, 2.45) is 5.73 Å². The number of aryl methyl sites for hydroxylation is 1. The fraction of sp³-hybridized carbons (Fsp3) is 0.200. The van der Waals surface area contributed by atoms with Crippen molar-refractivity contribution in [3.05, 3.63) is 76.9 Å². The second kappa shape index (κ2) is 13.5. The number of nitrogens with zero attached hydrogens (tertiary/aromatic N) is 1. The summed E-state index contributed by atoms with van der Waals surface area (Å²) in [5.41, 5.74) is 13.6. The van der Waals surface area contributed by atoms with Crippen LogP contribution < -0.4 is 16.8 Å². The average molecular weight is 495 g/mol. The number of benzene rings is 1. The van der Waals surface area contributed by atoms with Crippen molar-refractivity contribution in [2.45, 2.75) is 13.8 Å². The number of nitrogen functional groups attached to an aromatic ring is 1. The lowest BCUT2D eigenvalue weighted by Crippen LogP contribution is -2.12. The fourth-order valence-corrected chi connectivity index (χ4v) is 2.96. The fourth-order valence-electron chi connectivity index (χ4n) is 2.64. The lowest BCUT2D eigenvalue weighted by molar-refractivity contribution is -0.139. The largest absolute Gasteiger partial charge is 0.465 e. The molecule has 3 rings (SSSR count). The van der Waals surface area contributed by atoms with Crippen LogP contribution in [0.4, 0.5) is 11.5 Å². The van der Waals surface area contributed by atoms with Crippen molar-refractivity contribution < 1.29 is 23.5 Å². The van der Waals surface area contributed by atoms with Crippen molar-refractivity contribution >= 4 is 41.1 Å². The maximum Gasteiger partial charge on any atom is 0.315 e. The van der Waals surface area contributed by atoms with E-state index in [0.717, 1.165) is 5.56 Å². The van der Waals surface area contributed by atoms with E-state index in [1.165, 1.54) is 30.3 Å². The van der Waals surface area contributed by atoms with E-state index < -0.39 is 5.91 Å². The van der Waals surface area contributed by atoms with Crippen LogP contribution in [0.25, 0.3) is 0 Å². The Bertz CT molecular complexity index is 1250. The number of primary amides is 1. The van der Waals surface area contributed by atoms with Gasteiger partial charge in [0.05, 0.1) is 29.7 Å². The van der Waals surface area contributed by atoms with E-state index >= 15 is 0 Å². The highest BCUT2D eigenvalue weighted by atomic mass is 32.2. The number of pyridine rings is 1. The number of carbonyl (C=O) groups excluding carboxylic acids is 3. The van der Waals surface area contributed by atoms with Crippen LogP contribution in [0.1, 0.15) is 44.5 Å². The number of furan rings is 1. The van der Waals surface area contributed by atoms with Crippen molar-refractivity contribution in [3.63, 3.8) is 0 Å². The monoisotopic (exact) mass is 494 g/mol. The molecule has 0 atom stereocenters. The third kappa shape index (κ3) is 8.57. The van der Waals surface area contributed by atoms with Crippen LogP contribution in [0.2, 0.25) is 0 Å². The molecule has 35 heavy (non-hydrogen) atoms. The van der Waals surface area contributed by atoms with Gasteiger partial charge in [-0.05, 0) is 50.4 Å². The predicted molar refractivity (Wildman–Crippen MR) is 136 cm³/mol. The number of aromatic nitrogens is 1. The Hall–Kier alpha value is -4.23. The molecule has 0 aliphatic heterocycles. The quantitative estimate of drug-likeness (QED) is 0.349. The number of anilines is 2. The maximum absolute atomic E-state index is 12.2. The highest BCUT2D eigenvalue weighted by Crippen LogP contribution is 2.15. The normalized spacial score (nSPS) is 9.69. The highest BCUT2D eigenvalue weighted by molar-refractivity contribution is 7.99. The van der Waals surface area contributed by atoms with Gasteiger partial charge in [-0.3, -0.25) is 14.4 Å². The molecule has 2 amide bonds. The minimum absolute atomic E-state index is 0.125. The molecule has 5 N–H and O–H groups in total. The van der Waals surface area contributed by atoms with E-state index in [-0.39, 0.29) is 29.0 Å². The minimum atomic E-state index is -0.608. The van der Waals surface area contributed by atoms with E-state index in [1.54, 1.807) is 44.2 Å². The first-order valence-electron chi connectivity index (χ1n) is 10.4. The zero-order valence-electron chi connectivity index (χ0n) is 19.6. The molecule has 0 saturated carbocycles. The van der Waals surface area contributed by atoms with E-state index in [0.29, 0.717) is 29.2 Å². The first-order chi connectivity index (χ1) is 16.7. The average Bonchev–Trinajstić information content (AvgIpc) is 3.25. The molecular formula is C25H26N4O5S. The Balaban J connectivity index is 0.000000466. The summed E-state index contributed by atoms with van der Waals surface area (Å²) in [7, 11) is 0. The maximum atomic E-state index is 12.2. The third-order valence-electron chi connectivity index (χ3n) is 4.30. The van der Waals surface area contributed by atoms with Gasteiger partial charge >= 0.3 is 5.97 Å². The van der Waals surface area contributed by atoms with E-state index in [4.69, 9.17) is 15.9 Å². The summed E-state index contributed by atoms with van der Waals surface area (Å²) in [5.74, 6) is 5.64. The first kappa shape index (κ1) is 27.0. The highest BCUT2D eigenvalue weighted by Gasteiger charge is 2.12. The van der Waals surface area contributed by atoms with Crippen molar-refractivity contribution in [3.8, 4) is 11.8 Å². The molecule has 0 fully saturated rings. The summed E-state index contributed by atoms with van der Waals surface area (Å²) in [6.45, 7) is 4.08. The van der Waals surface area contributed by atoms with Crippen LogP contribution in [-0.2, 0) is 9.53 Å². The molecule has 0 aliphatic rings. The van der Waals surface area contributed by atoms with Gasteiger partial charge in [-0.1, -0.05) is 17.9 Å². The summed E-state index contributed by atoms with van der Waals surface area (Å²) in [6.07, 6.45) is 4.64. The molecule has 0 saturated heterocycles. The van der Waals surface area contributed by atoms with E-state index in [2.05, 4.69) is 26.9 Å². The number of ether oxygens (including phenoxy) is 1. The minimum Gasteiger partial charge on any atom is -0.465 e. The zero-order valence-corrected chi connectivity index (χ0v) is 20.4. The molecular weight excluding hydrogens is 468 g/mol. The molecule has 3 aromatic rings. The number of thioether (sulfide) groups is 1. The Morgan fingerprint density at radius 3 is 2.60 bits per heavy atom. The van der Waals surface area contributed by atoms with Crippen LogP contribution in [0, 0.1) is 18.8 Å². The Morgan fingerprint density at radius 1 is 1.20 bits per heavy atom. The van der Waals surface area contributed by atoms with E-state index in [1.807, 2.05) is 6.26 Å². The number of rotatable bonds is 6. The van der Waals surface area contributed by atoms with Crippen LogP contribution in [0.5, 0.6) is 0 Å². The number of hydrogen-bond acceptors (Lipinski definition) is 8. The molecule has 182 valence electrons. The summed E-state index contributed by atoms with van der Waals surface area (Å²) < 4.78 is 9.80. The Morgan fingerprint density at radius 2 is 1.97 bits per heavy atom. The van der Waals surface area contributed by atoms with Gasteiger partial charge in [0, 0.05) is 23.0 Å². The molecule has 0 aliphatic carbocycles. The number of carbonyl (C=O) groups is 3. The topological polar surface area (TPSA) is 151 Å². The molecule has 0 radical (unpaired) electrons. The summed E-state index contributed by atoms with van der Waals surface area (Å²) >= 11 is 1.48. The number of hydrogen-bond donors (Lipinski definition) is 3. The van der Waals surface area contributed by atoms with Crippen molar-refractivity contribution in [1.29, 1.82) is 0 Å². The van der Waals surface area contributed by atoms with Gasteiger partial charge in [0.2, 0.25) is 5.91 Å². The summed E-state index contributed by atoms with van der Waals surface area (Å²) in [5, 5.41) is 2.76. The van der Waals surface area contributed by atoms with E-state index in [9.17, 15) is 14.4 Å². The summed E-state index contributed by atoms with van der Waals surface area (Å²) in [6, 6.07) is 10.2. The van der Waals surface area contributed by atoms with Crippen LogP contribution in [0.3, 0.4) is 0 Å². The first-order valence-corrected chi connectivity index (χ1v) is 11.8.